The molecule has 0 saturated heterocycles. The third-order valence-electron chi connectivity index (χ3n) is 3.95. The first-order valence-electron chi connectivity index (χ1n) is 8.50. The Labute approximate surface area is 148 Å². The molecule has 2 aromatic rings. The maximum absolute atomic E-state index is 12.9. The Balaban J connectivity index is 2.19. The minimum atomic E-state index is -0.564. The first-order chi connectivity index (χ1) is 11.8. The van der Waals surface area contributed by atoms with E-state index in [9.17, 15) is 9.90 Å². The first kappa shape index (κ1) is 19.1. The number of nitrogens with zero attached hydrogens (tertiary/aromatic N) is 4. The second kappa shape index (κ2) is 8.20. The molecule has 0 saturated carbocycles. The van der Waals surface area contributed by atoms with E-state index in [2.05, 4.69) is 41.6 Å². The Morgan fingerprint density at radius 1 is 1.28 bits per heavy atom. The monoisotopic (exact) mass is 345 g/mol. The van der Waals surface area contributed by atoms with Crippen LogP contribution in [0.2, 0.25) is 0 Å². The van der Waals surface area contributed by atoms with Gasteiger partial charge in [-0.2, -0.15) is 0 Å². The van der Waals surface area contributed by atoms with Crippen LogP contribution in [0.1, 0.15) is 44.6 Å². The standard InChI is InChI=1S/C18H27N5O2/c1-13-20-21-22-23(13)16(10-14-8-6-5-7-9-14)17(25)19-15(12-24)11-18(2,3)4/h5-9,15-16,24H,10-12H2,1-4H3,(H,19,25). The van der Waals surface area contributed by atoms with E-state index < -0.39 is 6.04 Å². The fraction of sp³-hybridized carbons (Fsp3) is 0.556. The number of hydrogen-bond donors (Lipinski definition) is 2. The summed E-state index contributed by atoms with van der Waals surface area (Å²) in [7, 11) is 0. The van der Waals surface area contributed by atoms with Crippen LogP contribution in [-0.2, 0) is 11.2 Å². The minimum absolute atomic E-state index is 0.000328. The number of aliphatic hydroxyl groups excluding tert-OH is 1. The summed E-state index contributed by atoms with van der Waals surface area (Å²) in [5.74, 6) is 0.384. The molecule has 0 aliphatic carbocycles. The van der Waals surface area contributed by atoms with Crippen LogP contribution in [-0.4, -0.2) is 43.9 Å². The van der Waals surface area contributed by atoms with Crippen LogP contribution >= 0.6 is 0 Å². The lowest BCUT2D eigenvalue weighted by molar-refractivity contribution is -0.126. The number of amides is 1. The van der Waals surface area contributed by atoms with Crippen LogP contribution in [0.4, 0.5) is 0 Å². The van der Waals surface area contributed by atoms with E-state index in [1.807, 2.05) is 30.3 Å². The normalized spacial score (nSPS) is 14.1. The van der Waals surface area contributed by atoms with Gasteiger partial charge in [0.2, 0.25) is 5.91 Å². The van der Waals surface area contributed by atoms with Crippen molar-refractivity contribution in [1.29, 1.82) is 0 Å². The number of aromatic nitrogens is 4. The Bertz CT molecular complexity index is 678. The van der Waals surface area contributed by atoms with E-state index in [1.54, 1.807) is 6.92 Å². The maximum atomic E-state index is 12.9. The molecule has 0 radical (unpaired) electrons. The molecule has 7 heteroatoms. The van der Waals surface area contributed by atoms with Gasteiger partial charge < -0.3 is 10.4 Å². The summed E-state index contributed by atoms with van der Waals surface area (Å²) in [6.07, 6.45) is 1.16. The molecule has 1 aromatic heterocycles. The highest BCUT2D eigenvalue weighted by Crippen LogP contribution is 2.21. The van der Waals surface area contributed by atoms with Crippen molar-refractivity contribution in [3.63, 3.8) is 0 Å². The molecule has 0 aliphatic rings. The molecule has 0 aliphatic heterocycles. The van der Waals surface area contributed by atoms with Crippen molar-refractivity contribution >= 4 is 5.91 Å². The van der Waals surface area contributed by atoms with Gasteiger partial charge in [-0.3, -0.25) is 4.79 Å². The summed E-state index contributed by atoms with van der Waals surface area (Å²) >= 11 is 0. The second-order valence-electron chi connectivity index (χ2n) is 7.53. The van der Waals surface area contributed by atoms with Gasteiger partial charge in [0.05, 0.1) is 12.6 Å². The fourth-order valence-electron chi connectivity index (χ4n) is 2.85. The van der Waals surface area contributed by atoms with Crippen LogP contribution < -0.4 is 5.32 Å². The molecule has 1 heterocycles. The van der Waals surface area contributed by atoms with Gasteiger partial charge in [0.1, 0.15) is 11.9 Å². The minimum Gasteiger partial charge on any atom is -0.394 e. The van der Waals surface area contributed by atoms with Gasteiger partial charge in [0, 0.05) is 6.42 Å². The summed E-state index contributed by atoms with van der Waals surface area (Å²) in [5.41, 5.74) is 1.02. The predicted molar refractivity (Wildman–Crippen MR) is 94.8 cm³/mol. The zero-order valence-corrected chi connectivity index (χ0v) is 15.3. The number of aliphatic hydroxyl groups is 1. The molecule has 2 unspecified atom stereocenters. The third kappa shape index (κ3) is 5.63. The van der Waals surface area contributed by atoms with Crippen LogP contribution in [0.25, 0.3) is 0 Å². The van der Waals surface area contributed by atoms with Gasteiger partial charge in [-0.15, -0.1) is 5.10 Å². The van der Waals surface area contributed by atoms with E-state index in [0.717, 1.165) is 5.56 Å². The summed E-state index contributed by atoms with van der Waals surface area (Å²) in [6, 6.07) is 8.89. The van der Waals surface area contributed by atoms with E-state index in [1.165, 1.54) is 4.68 Å². The van der Waals surface area contributed by atoms with Gasteiger partial charge in [0.15, 0.2) is 0 Å². The van der Waals surface area contributed by atoms with E-state index in [0.29, 0.717) is 18.7 Å². The number of rotatable bonds is 7. The molecule has 2 N–H and O–H groups in total. The zero-order valence-electron chi connectivity index (χ0n) is 15.3. The third-order valence-corrected chi connectivity index (χ3v) is 3.95. The van der Waals surface area contributed by atoms with Gasteiger partial charge in [-0.25, -0.2) is 4.68 Å². The molecule has 0 bridgehead atoms. The molecule has 136 valence electrons. The van der Waals surface area contributed by atoms with Crippen molar-refractivity contribution in [1.82, 2.24) is 25.5 Å². The number of carbonyl (C=O) groups excluding carboxylic acids is 1. The van der Waals surface area contributed by atoms with Crippen LogP contribution in [0.5, 0.6) is 0 Å². The Kier molecular flexibility index (Phi) is 6.25. The summed E-state index contributed by atoms with van der Waals surface area (Å²) < 4.78 is 1.54. The molecule has 25 heavy (non-hydrogen) atoms. The van der Waals surface area contributed by atoms with Gasteiger partial charge in [-0.05, 0) is 34.7 Å². The SMILES string of the molecule is Cc1nnnn1C(Cc1ccccc1)C(=O)NC(CO)CC(C)(C)C. The number of carbonyl (C=O) groups is 1. The van der Waals surface area contributed by atoms with Crippen molar-refractivity contribution in [2.45, 2.75) is 52.6 Å². The number of nitrogens with one attached hydrogen (secondary N) is 1. The van der Waals surface area contributed by atoms with Crippen molar-refractivity contribution in [3.05, 3.63) is 41.7 Å². The van der Waals surface area contributed by atoms with E-state index >= 15 is 0 Å². The second-order valence-corrected chi connectivity index (χ2v) is 7.53. The van der Waals surface area contributed by atoms with E-state index in [-0.39, 0.29) is 24.0 Å². The topological polar surface area (TPSA) is 92.9 Å². The molecular formula is C18H27N5O2. The molecule has 2 atom stereocenters. The molecule has 2 rings (SSSR count). The van der Waals surface area contributed by atoms with Crippen molar-refractivity contribution in [2.24, 2.45) is 5.41 Å². The highest BCUT2D eigenvalue weighted by atomic mass is 16.3. The van der Waals surface area contributed by atoms with Gasteiger partial charge in [-0.1, -0.05) is 51.1 Å². The highest BCUT2D eigenvalue weighted by Gasteiger charge is 2.27. The molecule has 7 nitrogen and oxygen atoms in total. The zero-order chi connectivity index (χ0) is 18.4. The summed E-state index contributed by atoms with van der Waals surface area (Å²) in [4.78, 5) is 12.9. The molecule has 1 amide bonds. The highest BCUT2D eigenvalue weighted by molar-refractivity contribution is 5.80. The largest absolute Gasteiger partial charge is 0.394 e. The lowest BCUT2D eigenvalue weighted by Gasteiger charge is -2.27. The predicted octanol–water partition coefficient (Wildman–Crippen LogP) is 1.68. The number of benzene rings is 1. The van der Waals surface area contributed by atoms with Crippen molar-refractivity contribution in [3.8, 4) is 0 Å². The van der Waals surface area contributed by atoms with Crippen molar-refractivity contribution < 1.29 is 9.90 Å². The quantitative estimate of drug-likeness (QED) is 0.796. The van der Waals surface area contributed by atoms with Gasteiger partial charge >= 0.3 is 0 Å². The van der Waals surface area contributed by atoms with Gasteiger partial charge in [0.25, 0.3) is 0 Å². The smallest absolute Gasteiger partial charge is 0.245 e. The lowest BCUT2D eigenvalue weighted by atomic mass is 9.88. The van der Waals surface area contributed by atoms with Crippen molar-refractivity contribution in [2.75, 3.05) is 6.61 Å². The van der Waals surface area contributed by atoms with E-state index in [4.69, 9.17) is 0 Å². The Morgan fingerprint density at radius 2 is 1.96 bits per heavy atom. The average Bonchev–Trinajstić information content (AvgIpc) is 2.97. The summed E-state index contributed by atoms with van der Waals surface area (Å²) in [5, 5.41) is 24.1. The Morgan fingerprint density at radius 3 is 2.48 bits per heavy atom. The molecular weight excluding hydrogens is 318 g/mol. The number of hydrogen-bond acceptors (Lipinski definition) is 5. The maximum Gasteiger partial charge on any atom is 0.245 e. The first-order valence-corrected chi connectivity index (χ1v) is 8.50. The molecule has 0 fully saturated rings. The molecule has 1 aromatic carbocycles. The lowest BCUT2D eigenvalue weighted by Crippen LogP contribution is -2.44. The van der Waals surface area contributed by atoms with Crippen LogP contribution in [0.3, 0.4) is 0 Å². The average molecular weight is 345 g/mol. The fourth-order valence-corrected chi connectivity index (χ4v) is 2.85. The number of tetrazole rings is 1. The Hall–Kier alpha value is -2.28. The van der Waals surface area contributed by atoms with Crippen LogP contribution in [0.15, 0.2) is 30.3 Å². The van der Waals surface area contributed by atoms with Crippen LogP contribution in [0, 0.1) is 12.3 Å². The molecule has 0 spiro atoms. The number of aryl methyl sites for hydroxylation is 1. The summed E-state index contributed by atoms with van der Waals surface area (Å²) in [6.45, 7) is 7.90.